The molecule has 0 aliphatic rings. The summed E-state index contributed by atoms with van der Waals surface area (Å²) in [5.41, 5.74) is 0. The van der Waals surface area contributed by atoms with Gasteiger partial charge in [0.2, 0.25) is 0 Å². The first-order valence-corrected chi connectivity index (χ1v) is 46.3. The minimum Gasteiger partial charge on any atom is -0.462 e. The Hall–Kier alpha value is -2.46. The summed E-state index contributed by atoms with van der Waals surface area (Å²) in [4.78, 5) is 73.1. The average molecular weight is 1520 g/mol. The minimum atomic E-state index is -4.97. The molecule has 17 nitrogen and oxygen atoms in total. The molecule has 0 spiro atoms. The largest absolute Gasteiger partial charge is 0.472 e. The van der Waals surface area contributed by atoms with Crippen LogP contribution in [0.5, 0.6) is 0 Å². The van der Waals surface area contributed by atoms with Gasteiger partial charge in [-0.2, -0.15) is 0 Å². The molecule has 0 saturated carbocycles. The molecule has 3 N–H and O–H groups in total. The molecule has 6 atom stereocenters. The number of carbonyl (C=O) groups is 4. The molecule has 104 heavy (non-hydrogen) atoms. The molecule has 0 saturated heterocycles. The predicted octanol–water partition coefficient (Wildman–Crippen LogP) is 25.4. The highest BCUT2D eigenvalue weighted by molar-refractivity contribution is 7.47. The smallest absolute Gasteiger partial charge is 0.462 e. The van der Waals surface area contributed by atoms with E-state index < -0.39 is 97.5 Å². The van der Waals surface area contributed by atoms with Gasteiger partial charge in [0.05, 0.1) is 26.4 Å². The van der Waals surface area contributed by atoms with Crippen molar-refractivity contribution in [2.75, 3.05) is 39.6 Å². The van der Waals surface area contributed by atoms with Crippen LogP contribution in [0.4, 0.5) is 0 Å². The van der Waals surface area contributed by atoms with Crippen LogP contribution in [0.15, 0.2) is 24.3 Å². The molecule has 3 unspecified atom stereocenters. The molecule has 19 heteroatoms. The van der Waals surface area contributed by atoms with Crippen LogP contribution >= 0.6 is 15.6 Å². The lowest BCUT2D eigenvalue weighted by Gasteiger charge is -2.21. The number of ether oxygens (including phenoxy) is 4. The maximum atomic E-state index is 13.1. The van der Waals surface area contributed by atoms with E-state index in [-0.39, 0.29) is 25.7 Å². The van der Waals surface area contributed by atoms with Crippen LogP contribution in [0, 0.1) is 11.8 Å². The monoisotopic (exact) mass is 1520 g/mol. The number of aliphatic hydroxyl groups excluding tert-OH is 1. The second-order valence-corrected chi connectivity index (χ2v) is 33.5. The van der Waals surface area contributed by atoms with Gasteiger partial charge >= 0.3 is 39.5 Å². The third kappa shape index (κ3) is 76.3. The van der Waals surface area contributed by atoms with Crippen molar-refractivity contribution in [3.05, 3.63) is 24.3 Å². The van der Waals surface area contributed by atoms with Crippen molar-refractivity contribution < 1.29 is 80.2 Å². The van der Waals surface area contributed by atoms with E-state index in [9.17, 15) is 43.2 Å². The Morgan fingerprint density at radius 1 is 0.317 bits per heavy atom. The van der Waals surface area contributed by atoms with E-state index in [1.54, 1.807) is 0 Å². The second-order valence-electron chi connectivity index (χ2n) is 30.6. The minimum absolute atomic E-state index is 0.0852. The van der Waals surface area contributed by atoms with Gasteiger partial charge in [0, 0.05) is 25.7 Å². The highest BCUT2D eigenvalue weighted by atomic mass is 31.2. The highest BCUT2D eigenvalue weighted by Gasteiger charge is 2.30. The molecule has 0 amide bonds. The first-order chi connectivity index (χ1) is 50.4. The molecule has 0 bridgehead atoms. The van der Waals surface area contributed by atoms with Crippen LogP contribution in [-0.2, 0) is 65.4 Å². The van der Waals surface area contributed by atoms with E-state index >= 15 is 0 Å². The zero-order valence-corrected chi connectivity index (χ0v) is 69.6. The molecular formula is C85H162O17P2. The van der Waals surface area contributed by atoms with Crippen LogP contribution in [0.25, 0.3) is 0 Å². The summed E-state index contributed by atoms with van der Waals surface area (Å²) in [7, 11) is -9.94. The molecular weight excluding hydrogens is 1350 g/mol. The fourth-order valence-electron chi connectivity index (χ4n) is 12.7. The number of hydrogen-bond acceptors (Lipinski definition) is 15. The quantitative estimate of drug-likeness (QED) is 0.0169. The lowest BCUT2D eigenvalue weighted by atomic mass is 9.99. The van der Waals surface area contributed by atoms with Crippen molar-refractivity contribution in [3.8, 4) is 0 Å². The molecule has 0 aliphatic heterocycles. The molecule has 0 radical (unpaired) electrons. The molecule has 0 aromatic rings. The van der Waals surface area contributed by atoms with E-state index in [1.807, 2.05) is 0 Å². The highest BCUT2D eigenvalue weighted by Crippen LogP contribution is 2.45. The van der Waals surface area contributed by atoms with Gasteiger partial charge < -0.3 is 33.8 Å². The Balaban J connectivity index is 5.23. The maximum Gasteiger partial charge on any atom is 0.472 e. The Morgan fingerprint density at radius 2 is 0.567 bits per heavy atom. The van der Waals surface area contributed by atoms with Crippen molar-refractivity contribution in [2.24, 2.45) is 11.8 Å². The van der Waals surface area contributed by atoms with Crippen molar-refractivity contribution >= 4 is 39.5 Å². The van der Waals surface area contributed by atoms with Gasteiger partial charge in [0.15, 0.2) is 12.2 Å². The molecule has 614 valence electrons. The van der Waals surface area contributed by atoms with E-state index in [4.69, 9.17) is 37.0 Å². The Labute approximate surface area is 637 Å². The normalized spacial score (nSPS) is 14.2. The third-order valence-corrected chi connectivity index (χ3v) is 21.6. The van der Waals surface area contributed by atoms with E-state index in [0.29, 0.717) is 25.7 Å². The predicted molar refractivity (Wildman–Crippen MR) is 427 cm³/mol. The van der Waals surface area contributed by atoms with Crippen LogP contribution < -0.4 is 0 Å². The van der Waals surface area contributed by atoms with Crippen LogP contribution in [0.1, 0.15) is 427 Å². The molecule has 0 heterocycles. The molecule has 0 rings (SSSR count). The second kappa shape index (κ2) is 75.9. The van der Waals surface area contributed by atoms with E-state index in [2.05, 4.69) is 65.8 Å². The summed E-state index contributed by atoms with van der Waals surface area (Å²) in [5.74, 6) is -0.461. The number of phosphoric acid groups is 2. The number of rotatable bonds is 82. The van der Waals surface area contributed by atoms with Gasteiger partial charge in [-0.3, -0.25) is 37.3 Å². The summed E-state index contributed by atoms with van der Waals surface area (Å²) in [6, 6.07) is 0. The SMILES string of the molecule is CCCCCC/C=C\C=C/CCCCCCCC(=O)O[C@H](COC(=O)CCCCCCCCCCC)COP(=O)(O)OC[C@H](O)COP(=O)(O)OC[C@@H](COC(=O)CCCCCCCCCCCCCCCCCC(C)C)OC(=O)CCCCCCCCCCCCCCCCCCCCC(C)CC. The summed E-state index contributed by atoms with van der Waals surface area (Å²) in [6.07, 6.45) is 70.2. The lowest BCUT2D eigenvalue weighted by molar-refractivity contribution is -0.161. The zero-order chi connectivity index (χ0) is 76.4. The topological polar surface area (TPSA) is 237 Å². The fourth-order valence-corrected chi connectivity index (χ4v) is 14.3. The van der Waals surface area contributed by atoms with Crippen LogP contribution in [0.3, 0.4) is 0 Å². The van der Waals surface area contributed by atoms with Crippen molar-refractivity contribution in [2.45, 2.75) is 445 Å². The number of unbranched alkanes of at least 4 members (excludes halogenated alkanes) is 48. The van der Waals surface area contributed by atoms with Crippen molar-refractivity contribution in [1.82, 2.24) is 0 Å². The number of hydrogen-bond donors (Lipinski definition) is 3. The van der Waals surface area contributed by atoms with Crippen molar-refractivity contribution in [3.63, 3.8) is 0 Å². The Kier molecular flexibility index (Phi) is 74.1. The van der Waals surface area contributed by atoms with Gasteiger partial charge in [-0.05, 0) is 63.2 Å². The average Bonchev–Trinajstić information content (AvgIpc) is 0.903. The first kappa shape index (κ1) is 102. The Bertz CT molecular complexity index is 2090. The van der Waals surface area contributed by atoms with Crippen molar-refractivity contribution in [1.29, 1.82) is 0 Å². The lowest BCUT2D eigenvalue weighted by Crippen LogP contribution is -2.30. The number of allylic oxidation sites excluding steroid dienone is 4. The summed E-state index contributed by atoms with van der Waals surface area (Å²) >= 11 is 0. The van der Waals surface area contributed by atoms with Crippen LogP contribution in [0.2, 0.25) is 0 Å². The molecule has 0 aliphatic carbocycles. The Morgan fingerprint density at radius 3 is 0.865 bits per heavy atom. The maximum absolute atomic E-state index is 13.1. The van der Waals surface area contributed by atoms with E-state index in [0.717, 1.165) is 115 Å². The van der Waals surface area contributed by atoms with Crippen LogP contribution in [-0.4, -0.2) is 96.7 Å². The van der Waals surface area contributed by atoms with Gasteiger partial charge in [-0.25, -0.2) is 9.13 Å². The summed E-state index contributed by atoms with van der Waals surface area (Å²) in [6.45, 7) is 9.67. The number of carbonyl (C=O) groups excluding carboxylic acids is 4. The number of aliphatic hydroxyl groups is 1. The van der Waals surface area contributed by atoms with Gasteiger partial charge in [0.25, 0.3) is 0 Å². The van der Waals surface area contributed by atoms with Gasteiger partial charge in [0.1, 0.15) is 19.3 Å². The molecule has 0 aromatic carbocycles. The summed E-state index contributed by atoms with van der Waals surface area (Å²) < 4.78 is 68.7. The standard InChI is InChI=1S/C85H162O17P2/c1-7-10-12-14-16-18-19-20-26-34-39-45-51-57-63-69-84(89)101-80(73-95-82(87)67-61-55-49-41-17-15-13-11-8-2)75-99-103(91,92)97-71-79(86)72-98-104(93,94)100-76-81(74-96-83(88)68-62-56-50-44-38-33-30-25-27-31-36-42-47-53-59-65-77(4)5)102-85(90)70-64-58-52-46-40-35-29-24-22-21-23-28-32-37-43-48-54-60-66-78(6)9-3/h18-20,26,77-81,86H,7-17,21-25,27-76H2,1-6H3,(H,91,92)(H,93,94)/b19-18-,26-20-/t78?,79-,80+,81+/m0/s1. The first-order valence-electron chi connectivity index (χ1n) is 43.3. The molecule has 0 aromatic heterocycles. The summed E-state index contributed by atoms with van der Waals surface area (Å²) in [5, 5.41) is 10.7. The van der Waals surface area contributed by atoms with Gasteiger partial charge in [-0.15, -0.1) is 0 Å². The number of esters is 4. The van der Waals surface area contributed by atoms with Gasteiger partial charge in [-0.1, -0.05) is 374 Å². The zero-order valence-electron chi connectivity index (χ0n) is 67.8. The number of phosphoric ester groups is 2. The van der Waals surface area contributed by atoms with E-state index in [1.165, 1.54) is 231 Å². The third-order valence-electron chi connectivity index (χ3n) is 19.7. The molecule has 0 fully saturated rings. The fraction of sp³-hybridized carbons (Fsp3) is 0.906.